The Morgan fingerprint density at radius 3 is 2.80 bits per heavy atom. The van der Waals surface area contributed by atoms with Gasteiger partial charge in [0.25, 0.3) is 5.91 Å². The Morgan fingerprint density at radius 2 is 2.10 bits per heavy atom. The Morgan fingerprint density at radius 1 is 1.30 bits per heavy atom. The van der Waals surface area contributed by atoms with Crippen LogP contribution in [0.25, 0.3) is 0 Å². The summed E-state index contributed by atoms with van der Waals surface area (Å²) in [5, 5.41) is -0.453. The number of likely N-dealkylation sites (N-methyl/N-ethyl adjacent to an activating group) is 1. The van der Waals surface area contributed by atoms with Crippen molar-refractivity contribution in [1.29, 1.82) is 0 Å². The van der Waals surface area contributed by atoms with Gasteiger partial charge in [-0.1, -0.05) is 12.1 Å². The van der Waals surface area contributed by atoms with Crippen molar-refractivity contribution in [3.63, 3.8) is 0 Å². The highest BCUT2D eigenvalue weighted by Gasteiger charge is 2.29. The van der Waals surface area contributed by atoms with Crippen LogP contribution in [0.15, 0.2) is 41.0 Å². The van der Waals surface area contributed by atoms with Crippen LogP contribution in [0.5, 0.6) is 0 Å². The van der Waals surface area contributed by atoms with Gasteiger partial charge in [-0.3, -0.25) is 14.5 Å². The van der Waals surface area contributed by atoms with Crippen molar-refractivity contribution in [2.24, 2.45) is 0 Å². The van der Waals surface area contributed by atoms with E-state index in [9.17, 15) is 9.59 Å². The number of rotatable bonds is 2. The third kappa shape index (κ3) is 2.02. The van der Waals surface area contributed by atoms with E-state index in [-0.39, 0.29) is 18.2 Å². The van der Waals surface area contributed by atoms with Gasteiger partial charge in [0, 0.05) is 12.6 Å². The number of carbonyl (C=O) groups excluding carboxylic acids is 2. The van der Waals surface area contributed by atoms with Gasteiger partial charge in [0.1, 0.15) is 11.1 Å². The molecule has 20 heavy (non-hydrogen) atoms. The molecule has 0 saturated carbocycles. The van der Waals surface area contributed by atoms with E-state index < -0.39 is 5.38 Å². The van der Waals surface area contributed by atoms with Crippen LogP contribution in [0.1, 0.15) is 32.6 Å². The Hall–Kier alpha value is -2.07. The summed E-state index contributed by atoms with van der Waals surface area (Å²) >= 11 is 6.34. The van der Waals surface area contributed by atoms with Crippen LogP contribution in [0.2, 0.25) is 0 Å². The second kappa shape index (κ2) is 4.80. The number of hydrogen-bond donors (Lipinski definition) is 0. The Bertz CT molecular complexity index is 678. The first-order valence-electron chi connectivity index (χ1n) is 6.19. The second-order valence-electron chi connectivity index (χ2n) is 4.73. The summed E-state index contributed by atoms with van der Waals surface area (Å²) in [6, 6.07) is 8.90. The molecule has 0 radical (unpaired) electrons. The maximum Gasteiger partial charge on any atom is 0.260 e. The molecule has 0 saturated heterocycles. The first-order valence-corrected chi connectivity index (χ1v) is 6.62. The molecule has 1 aliphatic heterocycles. The summed E-state index contributed by atoms with van der Waals surface area (Å²) in [6.45, 7) is 0. The number of fused-ring (bicyclic) bond motifs is 1. The van der Waals surface area contributed by atoms with Crippen LogP contribution in [-0.2, 0) is 11.2 Å². The van der Waals surface area contributed by atoms with Crippen molar-refractivity contribution in [1.82, 2.24) is 4.90 Å². The van der Waals surface area contributed by atoms with E-state index in [0.717, 1.165) is 16.0 Å². The molecule has 0 N–H and O–H groups in total. The third-order valence-corrected chi connectivity index (χ3v) is 3.94. The van der Waals surface area contributed by atoms with E-state index in [0.29, 0.717) is 11.3 Å². The van der Waals surface area contributed by atoms with Gasteiger partial charge in [-0.15, -0.1) is 11.6 Å². The number of alkyl halides is 1. The highest BCUT2D eigenvalue weighted by molar-refractivity contribution is 6.22. The average Bonchev–Trinajstić information content (AvgIpc) is 2.98. The topological polar surface area (TPSA) is 50.5 Å². The molecule has 0 spiro atoms. The molecule has 1 aliphatic rings. The SMILES string of the molecule is CN1C(=O)Cc2ccc(C(Cl)c3ccco3)cc2C1=O. The molecule has 0 fully saturated rings. The van der Waals surface area contributed by atoms with Crippen LogP contribution in [0.4, 0.5) is 0 Å². The lowest BCUT2D eigenvalue weighted by Crippen LogP contribution is -2.39. The van der Waals surface area contributed by atoms with Gasteiger partial charge in [-0.2, -0.15) is 0 Å². The number of amides is 2. The van der Waals surface area contributed by atoms with E-state index >= 15 is 0 Å². The summed E-state index contributed by atoms with van der Waals surface area (Å²) in [7, 11) is 1.49. The molecule has 1 atom stereocenters. The number of halogens is 1. The summed E-state index contributed by atoms with van der Waals surface area (Å²) in [6.07, 6.45) is 1.80. The predicted octanol–water partition coefficient (Wildman–Crippen LogP) is 2.76. The van der Waals surface area contributed by atoms with Gasteiger partial charge < -0.3 is 4.42 Å². The van der Waals surface area contributed by atoms with Gasteiger partial charge in [-0.25, -0.2) is 0 Å². The number of carbonyl (C=O) groups is 2. The summed E-state index contributed by atoms with van der Waals surface area (Å²) in [5.74, 6) is 0.143. The molecule has 1 aromatic heterocycles. The smallest absolute Gasteiger partial charge is 0.260 e. The number of benzene rings is 1. The first-order chi connectivity index (χ1) is 9.58. The predicted molar refractivity (Wildman–Crippen MR) is 73.7 cm³/mol. The fraction of sp³-hybridized carbons (Fsp3) is 0.200. The average molecular weight is 290 g/mol. The highest BCUT2D eigenvalue weighted by Crippen LogP contribution is 2.31. The van der Waals surface area contributed by atoms with Crippen LogP contribution < -0.4 is 0 Å². The molecule has 0 bridgehead atoms. The van der Waals surface area contributed by atoms with E-state index in [1.165, 1.54) is 7.05 Å². The zero-order chi connectivity index (χ0) is 14.3. The maximum absolute atomic E-state index is 12.1. The van der Waals surface area contributed by atoms with Crippen molar-refractivity contribution in [3.8, 4) is 0 Å². The van der Waals surface area contributed by atoms with E-state index in [1.54, 1.807) is 30.5 Å². The summed E-state index contributed by atoms with van der Waals surface area (Å²) in [5.41, 5.74) is 2.04. The number of furan rings is 1. The van der Waals surface area contributed by atoms with Crippen molar-refractivity contribution < 1.29 is 14.0 Å². The molecule has 5 heteroatoms. The standard InChI is InChI=1S/C15H12ClNO3/c1-17-13(18)8-9-4-5-10(7-11(9)15(17)19)14(16)12-3-2-6-20-12/h2-7,14H,8H2,1H3. The lowest BCUT2D eigenvalue weighted by molar-refractivity contribution is -0.127. The lowest BCUT2D eigenvalue weighted by Gasteiger charge is -2.24. The van der Waals surface area contributed by atoms with Gasteiger partial charge in [0.2, 0.25) is 5.91 Å². The third-order valence-electron chi connectivity index (χ3n) is 3.47. The number of nitrogens with zero attached hydrogens (tertiary/aromatic N) is 1. The van der Waals surface area contributed by atoms with Gasteiger partial charge in [-0.05, 0) is 29.3 Å². The fourth-order valence-electron chi connectivity index (χ4n) is 2.28. The Kier molecular flexibility index (Phi) is 3.10. The van der Waals surface area contributed by atoms with Crippen molar-refractivity contribution in [2.75, 3.05) is 7.05 Å². The largest absolute Gasteiger partial charge is 0.467 e. The Labute approximate surface area is 120 Å². The van der Waals surface area contributed by atoms with Gasteiger partial charge in [0.15, 0.2) is 0 Å². The molecular weight excluding hydrogens is 278 g/mol. The first kappa shape index (κ1) is 12.9. The van der Waals surface area contributed by atoms with Gasteiger partial charge in [0.05, 0.1) is 12.7 Å². The number of imide groups is 1. The summed E-state index contributed by atoms with van der Waals surface area (Å²) in [4.78, 5) is 24.9. The van der Waals surface area contributed by atoms with Crippen LogP contribution in [-0.4, -0.2) is 23.8 Å². The maximum atomic E-state index is 12.1. The van der Waals surface area contributed by atoms with Crippen molar-refractivity contribution >= 4 is 23.4 Å². The molecule has 102 valence electrons. The minimum Gasteiger partial charge on any atom is -0.467 e. The van der Waals surface area contributed by atoms with E-state index in [4.69, 9.17) is 16.0 Å². The van der Waals surface area contributed by atoms with E-state index in [2.05, 4.69) is 0 Å². The molecule has 1 aromatic carbocycles. The van der Waals surface area contributed by atoms with Crippen molar-refractivity contribution in [2.45, 2.75) is 11.8 Å². The molecule has 1 unspecified atom stereocenters. The normalized spacial score (nSPS) is 16.2. The summed E-state index contributed by atoms with van der Waals surface area (Å²) < 4.78 is 5.28. The molecule has 4 nitrogen and oxygen atoms in total. The number of hydrogen-bond acceptors (Lipinski definition) is 3. The minimum absolute atomic E-state index is 0.191. The monoisotopic (exact) mass is 289 g/mol. The molecular formula is C15H12ClNO3. The molecule has 3 rings (SSSR count). The molecule has 2 amide bonds. The molecule has 0 aliphatic carbocycles. The Balaban J connectivity index is 2.01. The van der Waals surface area contributed by atoms with Crippen LogP contribution in [0.3, 0.4) is 0 Å². The highest BCUT2D eigenvalue weighted by atomic mass is 35.5. The van der Waals surface area contributed by atoms with Crippen LogP contribution in [0, 0.1) is 0 Å². The van der Waals surface area contributed by atoms with Gasteiger partial charge >= 0.3 is 0 Å². The quantitative estimate of drug-likeness (QED) is 0.631. The second-order valence-corrected chi connectivity index (χ2v) is 5.17. The fourth-order valence-corrected chi connectivity index (χ4v) is 2.54. The zero-order valence-corrected chi connectivity index (χ0v) is 11.6. The zero-order valence-electron chi connectivity index (χ0n) is 10.8. The van der Waals surface area contributed by atoms with Crippen LogP contribution >= 0.6 is 11.6 Å². The lowest BCUT2D eigenvalue weighted by atomic mass is 9.95. The molecule has 2 heterocycles. The van der Waals surface area contributed by atoms with E-state index in [1.807, 2.05) is 6.07 Å². The minimum atomic E-state index is -0.453. The molecule has 2 aromatic rings. The van der Waals surface area contributed by atoms with Crippen molar-refractivity contribution in [3.05, 3.63) is 59.0 Å².